The van der Waals surface area contributed by atoms with E-state index in [2.05, 4.69) is 10.3 Å². The Labute approximate surface area is 158 Å². The van der Waals surface area contributed by atoms with E-state index in [1.54, 1.807) is 12.1 Å². The van der Waals surface area contributed by atoms with Crippen LogP contribution in [0.1, 0.15) is 15.9 Å². The summed E-state index contributed by atoms with van der Waals surface area (Å²) in [5, 5.41) is 2.74. The second-order valence-electron chi connectivity index (χ2n) is 6.05. The summed E-state index contributed by atoms with van der Waals surface area (Å²) in [5.41, 5.74) is 3.59. The molecule has 2 aromatic carbocycles. The molecule has 0 bridgehead atoms. The molecular weight excluding hydrogens is 340 g/mol. The van der Waals surface area contributed by atoms with Gasteiger partial charge in [-0.15, -0.1) is 0 Å². The van der Waals surface area contributed by atoms with Gasteiger partial charge < -0.3 is 10.1 Å². The summed E-state index contributed by atoms with van der Waals surface area (Å²) in [6, 6.07) is 20.4. The summed E-state index contributed by atoms with van der Waals surface area (Å²) < 4.78 is 4.85. The van der Waals surface area contributed by atoms with Gasteiger partial charge in [0.05, 0.1) is 7.11 Å². The highest BCUT2D eigenvalue weighted by molar-refractivity contribution is 5.96. The van der Waals surface area contributed by atoms with E-state index in [9.17, 15) is 9.59 Å². The van der Waals surface area contributed by atoms with Gasteiger partial charge in [-0.3, -0.25) is 9.78 Å². The van der Waals surface area contributed by atoms with Crippen molar-refractivity contribution in [2.24, 2.45) is 0 Å². The molecule has 0 spiro atoms. The minimum absolute atomic E-state index is 0.339. The Hall–Kier alpha value is -3.47. The van der Waals surface area contributed by atoms with Crippen LogP contribution >= 0.6 is 0 Å². The van der Waals surface area contributed by atoms with Crippen molar-refractivity contribution in [3.63, 3.8) is 0 Å². The molecule has 0 aliphatic carbocycles. The van der Waals surface area contributed by atoms with Crippen molar-refractivity contribution in [3.05, 3.63) is 90.3 Å². The van der Waals surface area contributed by atoms with Crippen LogP contribution in [0.5, 0.6) is 0 Å². The third kappa shape index (κ3) is 4.79. The number of methoxy groups -OCH3 is 1. The van der Waals surface area contributed by atoms with Crippen molar-refractivity contribution in [1.82, 2.24) is 10.3 Å². The first-order valence-electron chi connectivity index (χ1n) is 8.60. The topological polar surface area (TPSA) is 68.3 Å². The molecule has 1 N–H and O–H groups in total. The number of hydrogen-bond donors (Lipinski definition) is 1. The van der Waals surface area contributed by atoms with E-state index in [1.807, 2.05) is 54.6 Å². The first-order valence-corrected chi connectivity index (χ1v) is 8.60. The molecule has 0 unspecified atom stereocenters. The van der Waals surface area contributed by atoms with Gasteiger partial charge >= 0.3 is 5.97 Å². The van der Waals surface area contributed by atoms with E-state index >= 15 is 0 Å². The minimum atomic E-state index is -0.766. The molecule has 0 saturated heterocycles. The first kappa shape index (κ1) is 18.3. The van der Waals surface area contributed by atoms with Crippen molar-refractivity contribution in [2.75, 3.05) is 7.11 Å². The quantitative estimate of drug-likeness (QED) is 0.685. The number of carbonyl (C=O) groups excluding carboxylic acids is 2. The lowest BCUT2D eigenvalue weighted by molar-refractivity contribution is -0.142. The third-order valence-corrected chi connectivity index (χ3v) is 4.23. The van der Waals surface area contributed by atoms with Crippen LogP contribution in [0.2, 0.25) is 0 Å². The number of pyridine rings is 1. The Kier molecular flexibility index (Phi) is 5.94. The number of esters is 1. The molecule has 3 rings (SSSR count). The maximum Gasteiger partial charge on any atom is 0.328 e. The highest BCUT2D eigenvalue weighted by Crippen LogP contribution is 2.20. The van der Waals surface area contributed by atoms with Crippen LogP contribution in [0.3, 0.4) is 0 Å². The molecule has 0 fully saturated rings. The van der Waals surface area contributed by atoms with Gasteiger partial charge in [-0.05, 0) is 28.8 Å². The Balaban J connectivity index is 1.73. The molecule has 3 aromatic rings. The summed E-state index contributed by atoms with van der Waals surface area (Å²) in [4.78, 5) is 28.4. The van der Waals surface area contributed by atoms with Gasteiger partial charge in [0.25, 0.3) is 5.91 Å². The van der Waals surface area contributed by atoms with Gasteiger partial charge in [-0.25, -0.2) is 4.79 Å². The summed E-state index contributed by atoms with van der Waals surface area (Å²) >= 11 is 0. The van der Waals surface area contributed by atoms with Crippen molar-refractivity contribution in [3.8, 4) is 11.1 Å². The van der Waals surface area contributed by atoms with E-state index in [-0.39, 0.29) is 5.91 Å². The number of carbonyl (C=O) groups is 2. The van der Waals surface area contributed by atoms with E-state index in [0.717, 1.165) is 16.7 Å². The maximum atomic E-state index is 12.4. The van der Waals surface area contributed by atoms with E-state index in [0.29, 0.717) is 12.0 Å². The second kappa shape index (κ2) is 8.76. The molecule has 0 aliphatic rings. The lowest BCUT2D eigenvalue weighted by atomic mass is 10.0. The lowest BCUT2D eigenvalue weighted by Gasteiger charge is -2.17. The van der Waals surface area contributed by atoms with Crippen LogP contribution in [0, 0.1) is 0 Å². The van der Waals surface area contributed by atoms with Crippen molar-refractivity contribution in [1.29, 1.82) is 0 Å². The molecule has 5 nitrogen and oxygen atoms in total. The van der Waals surface area contributed by atoms with Crippen LogP contribution in [-0.4, -0.2) is 30.0 Å². The van der Waals surface area contributed by atoms with Gasteiger partial charge in [-0.1, -0.05) is 54.6 Å². The Morgan fingerprint density at radius 3 is 2.19 bits per heavy atom. The van der Waals surface area contributed by atoms with Crippen LogP contribution in [-0.2, 0) is 16.0 Å². The smallest absolute Gasteiger partial charge is 0.328 e. The molecule has 1 atom stereocenters. The average Bonchev–Trinajstić information content (AvgIpc) is 2.74. The van der Waals surface area contributed by atoms with Gasteiger partial charge in [0.15, 0.2) is 0 Å². The largest absolute Gasteiger partial charge is 0.467 e. The second-order valence-corrected chi connectivity index (χ2v) is 6.05. The molecule has 1 aromatic heterocycles. The van der Waals surface area contributed by atoms with E-state index in [4.69, 9.17) is 4.74 Å². The van der Waals surface area contributed by atoms with Crippen molar-refractivity contribution >= 4 is 11.9 Å². The molecule has 0 radical (unpaired) electrons. The van der Waals surface area contributed by atoms with E-state index < -0.39 is 12.0 Å². The highest BCUT2D eigenvalue weighted by Gasteiger charge is 2.22. The SMILES string of the molecule is COC(=O)[C@H](Cc1ccc(-c2ccccc2)cc1)NC(=O)c1ccncc1. The predicted molar refractivity (Wildman–Crippen MR) is 103 cm³/mol. The Morgan fingerprint density at radius 1 is 0.926 bits per heavy atom. The van der Waals surface area contributed by atoms with Gasteiger partial charge in [0.2, 0.25) is 0 Å². The molecule has 1 heterocycles. The summed E-state index contributed by atoms with van der Waals surface area (Å²) in [5.74, 6) is -0.821. The fraction of sp³-hybridized carbons (Fsp3) is 0.136. The molecular formula is C22H20N2O3. The summed E-state index contributed by atoms with van der Waals surface area (Å²) in [6.07, 6.45) is 3.41. The van der Waals surface area contributed by atoms with Crippen LogP contribution < -0.4 is 5.32 Å². The first-order chi connectivity index (χ1) is 13.2. The predicted octanol–water partition coefficient (Wildman–Crippen LogP) is 3.26. The number of ether oxygens (including phenoxy) is 1. The molecule has 0 saturated carbocycles. The molecule has 1 amide bonds. The van der Waals surface area contributed by atoms with Gasteiger partial charge in [0, 0.05) is 24.4 Å². The standard InChI is InChI=1S/C22H20N2O3/c1-27-22(26)20(24-21(25)19-11-13-23-14-12-19)15-16-7-9-18(10-8-16)17-5-3-2-4-6-17/h2-14,20H,15H2,1H3,(H,24,25)/t20-/m0/s1. The fourth-order valence-electron chi connectivity index (χ4n) is 2.78. The van der Waals surface area contributed by atoms with E-state index in [1.165, 1.54) is 19.5 Å². The number of aromatic nitrogens is 1. The van der Waals surface area contributed by atoms with Crippen LogP contribution in [0.4, 0.5) is 0 Å². The maximum absolute atomic E-state index is 12.4. The molecule has 27 heavy (non-hydrogen) atoms. The fourth-order valence-corrected chi connectivity index (χ4v) is 2.78. The van der Waals surface area contributed by atoms with Crippen molar-refractivity contribution in [2.45, 2.75) is 12.5 Å². The highest BCUT2D eigenvalue weighted by atomic mass is 16.5. The molecule has 5 heteroatoms. The van der Waals surface area contributed by atoms with Gasteiger partial charge in [0.1, 0.15) is 6.04 Å². The average molecular weight is 360 g/mol. The number of nitrogens with zero attached hydrogens (tertiary/aromatic N) is 1. The zero-order valence-corrected chi connectivity index (χ0v) is 15.0. The number of hydrogen-bond acceptors (Lipinski definition) is 4. The minimum Gasteiger partial charge on any atom is -0.467 e. The zero-order chi connectivity index (χ0) is 19.1. The normalized spacial score (nSPS) is 11.4. The number of rotatable bonds is 6. The lowest BCUT2D eigenvalue weighted by Crippen LogP contribution is -2.43. The number of nitrogens with one attached hydrogen (secondary N) is 1. The number of benzene rings is 2. The van der Waals surface area contributed by atoms with Gasteiger partial charge in [-0.2, -0.15) is 0 Å². The number of amides is 1. The third-order valence-electron chi connectivity index (χ3n) is 4.23. The monoisotopic (exact) mass is 360 g/mol. The summed E-state index contributed by atoms with van der Waals surface area (Å²) in [7, 11) is 1.31. The summed E-state index contributed by atoms with van der Waals surface area (Å²) in [6.45, 7) is 0. The zero-order valence-electron chi connectivity index (χ0n) is 15.0. The Bertz CT molecular complexity index is 894. The van der Waals surface area contributed by atoms with Crippen LogP contribution in [0.15, 0.2) is 79.1 Å². The molecule has 136 valence electrons. The van der Waals surface area contributed by atoms with Crippen LogP contribution in [0.25, 0.3) is 11.1 Å². The van der Waals surface area contributed by atoms with Crippen molar-refractivity contribution < 1.29 is 14.3 Å². The Morgan fingerprint density at radius 2 is 1.56 bits per heavy atom. The molecule has 0 aliphatic heterocycles.